The van der Waals surface area contributed by atoms with Gasteiger partial charge in [-0.25, -0.2) is 0 Å². The Balaban J connectivity index is 1.93. The minimum Gasteiger partial charge on any atom is -0.377 e. The van der Waals surface area contributed by atoms with Gasteiger partial charge in [-0.3, -0.25) is 0 Å². The first-order chi connectivity index (χ1) is 9.84. The summed E-state index contributed by atoms with van der Waals surface area (Å²) < 4.78 is 38.4. The van der Waals surface area contributed by atoms with E-state index in [2.05, 4.69) is 17.4 Å². The predicted molar refractivity (Wildman–Crippen MR) is 77.4 cm³/mol. The van der Waals surface area contributed by atoms with Crippen LogP contribution < -0.4 is 5.32 Å². The molecule has 0 spiro atoms. The van der Waals surface area contributed by atoms with Crippen LogP contribution in [0, 0.1) is 13.8 Å². The van der Waals surface area contributed by atoms with Crippen molar-refractivity contribution in [3.63, 3.8) is 0 Å². The van der Waals surface area contributed by atoms with E-state index in [-0.39, 0.29) is 6.04 Å². The highest BCUT2D eigenvalue weighted by Crippen LogP contribution is 2.38. The molecule has 0 aliphatic carbocycles. The third-order valence-corrected chi connectivity index (χ3v) is 3.92. The average Bonchev–Trinajstić information content (AvgIpc) is 2.82. The van der Waals surface area contributed by atoms with E-state index in [0.717, 1.165) is 23.7 Å². The van der Waals surface area contributed by atoms with E-state index in [1.54, 1.807) is 6.07 Å². The molecule has 1 aliphatic rings. The van der Waals surface area contributed by atoms with Crippen LogP contribution in [0.1, 0.15) is 33.9 Å². The van der Waals surface area contributed by atoms with Crippen molar-refractivity contribution in [1.82, 2.24) is 0 Å². The lowest BCUT2D eigenvalue weighted by Gasteiger charge is -2.15. The fraction of sp³-hybridized carbons (Fsp3) is 0.294. The first-order valence-corrected chi connectivity index (χ1v) is 6.88. The number of nitrogens with one attached hydrogen (secondary N) is 1. The Morgan fingerprint density at radius 2 is 1.86 bits per heavy atom. The molecule has 0 saturated carbocycles. The molecule has 1 nitrogen and oxygen atoms in total. The minimum absolute atomic E-state index is 0.0946. The topological polar surface area (TPSA) is 12.0 Å². The van der Waals surface area contributed by atoms with Crippen LogP contribution in [0.25, 0.3) is 0 Å². The first kappa shape index (κ1) is 14.0. The number of halogens is 3. The second kappa shape index (κ2) is 4.79. The van der Waals surface area contributed by atoms with Crippen molar-refractivity contribution in [2.45, 2.75) is 32.5 Å². The van der Waals surface area contributed by atoms with Crippen LogP contribution in [0.3, 0.4) is 0 Å². The largest absolute Gasteiger partial charge is 0.416 e. The van der Waals surface area contributed by atoms with Gasteiger partial charge < -0.3 is 5.32 Å². The van der Waals surface area contributed by atoms with Gasteiger partial charge in [0, 0.05) is 5.69 Å². The lowest BCUT2D eigenvalue weighted by Crippen LogP contribution is -2.10. The first-order valence-electron chi connectivity index (χ1n) is 6.88. The normalized spacial score (nSPS) is 17.5. The van der Waals surface area contributed by atoms with Gasteiger partial charge in [0.2, 0.25) is 0 Å². The van der Waals surface area contributed by atoms with Crippen LogP contribution in [0.5, 0.6) is 0 Å². The number of fused-ring (bicyclic) bond motifs is 1. The highest BCUT2D eigenvalue weighted by molar-refractivity contribution is 5.64. The van der Waals surface area contributed by atoms with Crippen LogP contribution in [-0.2, 0) is 12.6 Å². The summed E-state index contributed by atoms with van der Waals surface area (Å²) in [7, 11) is 0. The molecule has 1 N–H and O–H groups in total. The summed E-state index contributed by atoms with van der Waals surface area (Å²) in [6.45, 7) is 4.05. The van der Waals surface area contributed by atoms with Crippen molar-refractivity contribution in [2.24, 2.45) is 0 Å². The third kappa shape index (κ3) is 2.62. The van der Waals surface area contributed by atoms with E-state index in [0.29, 0.717) is 5.56 Å². The number of hydrogen-bond donors (Lipinski definition) is 1. The van der Waals surface area contributed by atoms with Gasteiger partial charge in [-0.1, -0.05) is 29.8 Å². The van der Waals surface area contributed by atoms with Crippen molar-refractivity contribution in [3.05, 3.63) is 64.2 Å². The van der Waals surface area contributed by atoms with Gasteiger partial charge in [-0.15, -0.1) is 0 Å². The highest BCUT2D eigenvalue weighted by atomic mass is 19.4. The number of hydrogen-bond acceptors (Lipinski definition) is 1. The number of anilines is 1. The van der Waals surface area contributed by atoms with Crippen molar-refractivity contribution < 1.29 is 13.2 Å². The van der Waals surface area contributed by atoms with E-state index in [9.17, 15) is 13.2 Å². The fourth-order valence-electron chi connectivity index (χ4n) is 3.00. The fourth-order valence-corrected chi connectivity index (χ4v) is 3.00. The van der Waals surface area contributed by atoms with Gasteiger partial charge in [0.15, 0.2) is 0 Å². The molecule has 21 heavy (non-hydrogen) atoms. The van der Waals surface area contributed by atoms with E-state index in [4.69, 9.17) is 0 Å². The molecule has 110 valence electrons. The lowest BCUT2D eigenvalue weighted by atomic mass is 9.99. The van der Waals surface area contributed by atoms with Crippen LogP contribution in [0.2, 0.25) is 0 Å². The van der Waals surface area contributed by atoms with Gasteiger partial charge in [0.1, 0.15) is 0 Å². The lowest BCUT2D eigenvalue weighted by molar-refractivity contribution is -0.137. The van der Waals surface area contributed by atoms with Crippen molar-refractivity contribution in [2.75, 3.05) is 5.32 Å². The molecule has 2 aromatic rings. The summed E-state index contributed by atoms with van der Waals surface area (Å²) in [4.78, 5) is 0. The summed E-state index contributed by atoms with van der Waals surface area (Å²) in [5.41, 5.74) is 4.64. The summed E-state index contributed by atoms with van der Waals surface area (Å²) in [6, 6.07) is 9.67. The predicted octanol–water partition coefficient (Wildman–Crippen LogP) is 5.03. The monoisotopic (exact) mass is 291 g/mol. The van der Waals surface area contributed by atoms with Crippen molar-refractivity contribution in [3.8, 4) is 0 Å². The molecule has 0 fully saturated rings. The molecule has 1 atom stereocenters. The molecular weight excluding hydrogens is 275 g/mol. The molecule has 2 aromatic carbocycles. The molecule has 0 bridgehead atoms. The Labute approximate surface area is 121 Å². The number of rotatable bonds is 1. The highest BCUT2D eigenvalue weighted by Gasteiger charge is 2.32. The van der Waals surface area contributed by atoms with Crippen LogP contribution in [-0.4, -0.2) is 0 Å². The smallest absolute Gasteiger partial charge is 0.377 e. The zero-order valence-electron chi connectivity index (χ0n) is 11.9. The minimum atomic E-state index is -4.30. The van der Waals surface area contributed by atoms with E-state index >= 15 is 0 Å². The Bertz CT molecular complexity index is 689. The quantitative estimate of drug-likeness (QED) is 0.777. The van der Waals surface area contributed by atoms with E-state index in [1.807, 2.05) is 13.8 Å². The van der Waals surface area contributed by atoms with Gasteiger partial charge in [-0.2, -0.15) is 13.2 Å². The van der Waals surface area contributed by atoms with Crippen LogP contribution in [0.15, 0.2) is 36.4 Å². The third-order valence-electron chi connectivity index (χ3n) is 3.92. The van der Waals surface area contributed by atoms with Crippen molar-refractivity contribution in [1.29, 1.82) is 0 Å². The maximum atomic E-state index is 12.8. The molecule has 3 rings (SSSR count). The molecule has 1 unspecified atom stereocenters. The summed E-state index contributed by atoms with van der Waals surface area (Å²) in [6.07, 6.45) is -3.58. The average molecular weight is 291 g/mol. The molecule has 1 aliphatic heterocycles. The van der Waals surface area contributed by atoms with Crippen molar-refractivity contribution >= 4 is 5.69 Å². The number of benzene rings is 2. The van der Waals surface area contributed by atoms with E-state index < -0.39 is 11.7 Å². The molecular formula is C17H16F3N. The molecule has 0 aromatic heterocycles. The Kier molecular flexibility index (Phi) is 3.19. The van der Waals surface area contributed by atoms with Gasteiger partial charge >= 0.3 is 6.18 Å². The SMILES string of the molecule is Cc1cc(C)c2c(c1)CC(c1cccc(C(F)(F)F)c1)N2. The van der Waals surface area contributed by atoms with Crippen LogP contribution >= 0.6 is 0 Å². The van der Waals surface area contributed by atoms with Gasteiger partial charge in [0.25, 0.3) is 0 Å². The molecule has 1 heterocycles. The molecule has 4 heteroatoms. The van der Waals surface area contributed by atoms with E-state index in [1.165, 1.54) is 23.3 Å². The second-order valence-corrected chi connectivity index (χ2v) is 5.64. The number of alkyl halides is 3. The maximum absolute atomic E-state index is 12.8. The van der Waals surface area contributed by atoms with Gasteiger partial charge in [0.05, 0.1) is 11.6 Å². The summed E-state index contributed by atoms with van der Waals surface area (Å²) in [5, 5.41) is 3.36. The maximum Gasteiger partial charge on any atom is 0.416 e. The standard InChI is InChI=1S/C17H16F3N/c1-10-6-11(2)16-13(7-10)9-15(21-16)12-4-3-5-14(8-12)17(18,19)20/h3-8,15,21H,9H2,1-2H3. The van der Waals surface area contributed by atoms with Crippen LogP contribution in [0.4, 0.5) is 18.9 Å². The second-order valence-electron chi connectivity index (χ2n) is 5.64. The zero-order chi connectivity index (χ0) is 15.2. The number of aryl methyl sites for hydroxylation is 2. The Morgan fingerprint density at radius 3 is 2.57 bits per heavy atom. The summed E-state index contributed by atoms with van der Waals surface area (Å²) >= 11 is 0. The molecule has 0 saturated heterocycles. The Morgan fingerprint density at radius 1 is 1.10 bits per heavy atom. The van der Waals surface area contributed by atoms with Gasteiger partial charge in [-0.05, 0) is 49.1 Å². The summed E-state index contributed by atoms with van der Waals surface area (Å²) in [5.74, 6) is 0. The Hall–Kier alpha value is -1.97. The molecule has 0 amide bonds. The molecule has 0 radical (unpaired) electrons. The zero-order valence-corrected chi connectivity index (χ0v) is 11.9.